The first-order valence-corrected chi connectivity index (χ1v) is 7.40. The highest BCUT2D eigenvalue weighted by atomic mass is 19.4. The van der Waals surface area contributed by atoms with E-state index in [4.69, 9.17) is 5.73 Å². The van der Waals surface area contributed by atoms with E-state index in [0.29, 0.717) is 11.5 Å². The lowest BCUT2D eigenvalue weighted by Crippen LogP contribution is -2.33. The number of hydrogen-bond acceptors (Lipinski definition) is 2. The van der Waals surface area contributed by atoms with Crippen molar-refractivity contribution in [1.82, 2.24) is 0 Å². The Balaban J connectivity index is 2.25. The van der Waals surface area contributed by atoms with Gasteiger partial charge in [0.25, 0.3) is 0 Å². The van der Waals surface area contributed by atoms with Gasteiger partial charge in [0.1, 0.15) is 0 Å². The van der Waals surface area contributed by atoms with E-state index in [1.54, 1.807) is 6.07 Å². The molecule has 1 saturated carbocycles. The number of aliphatic hydroxyl groups excluding tert-OH is 1. The molecule has 0 saturated heterocycles. The maximum Gasteiger partial charge on any atom is 0.416 e. The highest BCUT2D eigenvalue weighted by Gasteiger charge is 2.36. The van der Waals surface area contributed by atoms with Crippen LogP contribution in [0.4, 0.5) is 13.2 Å². The van der Waals surface area contributed by atoms with Crippen LogP contribution in [-0.2, 0) is 6.18 Å². The standard InChI is InChI=1S/C16H22F3NO/c1-10-4-2-7-13(10)15(21)14(9-20)11-5-3-6-12(8-11)16(17,18)19/h3,5-6,8,10,13-15,21H,2,4,7,9,20H2,1H3. The van der Waals surface area contributed by atoms with Crippen LogP contribution in [0.5, 0.6) is 0 Å². The predicted molar refractivity (Wildman–Crippen MR) is 75.8 cm³/mol. The SMILES string of the molecule is CC1CCCC1C(O)C(CN)c1cccc(C(F)(F)F)c1. The maximum absolute atomic E-state index is 12.8. The quantitative estimate of drug-likeness (QED) is 0.893. The van der Waals surface area contributed by atoms with Gasteiger partial charge in [0.2, 0.25) is 0 Å². The zero-order valence-corrected chi connectivity index (χ0v) is 12.1. The van der Waals surface area contributed by atoms with E-state index in [-0.39, 0.29) is 12.5 Å². The van der Waals surface area contributed by atoms with Gasteiger partial charge in [-0.25, -0.2) is 0 Å². The van der Waals surface area contributed by atoms with Crippen LogP contribution in [0.15, 0.2) is 24.3 Å². The molecule has 4 atom stereocenters. The number of alkyl halides is 3. The van der Waals surface area contributed by atoms with Gasteiger partial charge in [-0.3, -0.25) is 0 Å². The summed E-state index contributed by atoms with van der Waals surface area (Å²) in [6.07, 6.45) is -2.03. The molecule has 2 nitrogen and oxygen atoms in total. The monoisotopic (exact) mass is 301 g/mol. The van der Waals surface area contributed by atoms with Gasteiger partial charge in [0, 0.05) is 12.5 Å². The third-order valence-corrected chi connectivity index (χ3v) is 4.67. The summed E-state index contributed by atoms with van der Waals surface area (Å²) in [5.41, 5.74) is 5.52. The predicted octanol–water partition coefficient (Wildman–Crippen LogP) is 3.54. The molecule has 0 bridgehead atoms. The fraction of sp³-hybridized carbons (Fsp3) is 0.625. The van der Waals surface area contributed by atoms with E-state index < -0.39 is 23.8 Å². The maximum atomic E-state index is 12.8. The summed E-state index contributed by atoms with van der Waals surface area (Å²) in [6, 6.07) is 5.16. The Morgan fingerprint density at radius 3 is 2.57 bits per heavy atom. The van der Waals surface area contributed by atoms with Gasteiger partial charge in [-0.05, 0) is 29.9 Å². The van der Waals surface area contributed by atoms with Crippen molar-refractivity contribution in [3.63, 3.8) is 0 Å². The largest absolute Gasteiger partial charge is 0.416 e. The minimum atomic E-state index is -4.37. The van der Waals surface area contributed by atoms with E-state index >= 15 is 0 Å². The third kappa shape index (κ3) is 3.58. The molecule has 0 heterocycles. The average Bonchev–Trinajstić information content (AvgIpc) is 2.85. The molecule has 118 valence electrons. The van der Waals surface area contributed by atoms with Gasteiger partial charge in [-0.2, -0.15) is 13.2 Å². The summed E-state index contributed by atoms with van der Waals surface area (Å²) in [5.74, 6) is 0.0609. The third-order valence-electron chi connectivity index (χ3n) is 4.67. The second-order valence-corrected chi connectivity index (χ2v) is 6.03. The van der Waals surface area contributed by atoms with Gasteiger partial charge < -0.3 is 10.8 Å². The van der Waals surface area contributed by atoms with E-state index in [9.17, 15) is 18.3 Å². The molecule has 2 rings (SSSR count). The second kappa shape index (κ2) is 6.36. The molecule has 0 spiro atoms. The van der Waals surface area contributed by atoms with Crippen molar-refractivity contribution in [2.24, 2.45) is 17.6 Å². The van der Waals surface area contributed by atoms with Gasteiger partial charge in [0.15, 0.2) is 0 Å². The molecular formula is C16H22F3NO. The summed E-state index contributed by atoms with van der Waals surface area (Å²) in [7, 11) is 0. The highest BCUT2D eigenvalue weighted by Crippen LogP contribution is 2.39. The van der Waals surface area contributed by atoms with Crippen LogP contribution in [-0.4, -0.2) is 17.8 Å². The number of rotatable bonds is 4. The Morgan fingerprint density at radius 2 is 2.05 bits per heavy atom. The van der Waals surface area contributed by atoms with Crippen LogP contribution in [0.1, 0.15) is 43.2 Å². The van der Waals surface area contributed by atoms with Crippen LogP contribution in [0, 0.1) is 11.8 Å². The van der Waals surface area contributed by atoms with Crippen molar-refractivity contribution in [3.8, 4) is 0 Å². The first-order chi connectivity index (χ1) is 9.84. The molecule has 1 aliphatic carbocycles. The minimum Gasteiger partial charge on any atom is -0.392 e. The number of halogens is 3. The molecule has 0 aromatic heterocycles. The molecule has 0 aliphatic heterocycles. The molecule has 5 heteroatoms. The van der Waals surface area contributed by atoms with Crippen LogP contribution in [0.3, 0.4) is 0 Å². The van der Waals surface area contributed by atoms with Gasteiger partial charge in [0.05, 0.1) is 11.7 Å². The summed E-state index contributed by atoms with van der Waals surface area (Å²) >= 11 is 0. The van der Waals surface area contributed by atoms with Crippen LogP contribution < -0.4 is 5.73 Å². The van der Waals surface area contributed by atoms with Gasteiger partial charge in [-0.15, -0.1) is 0 Å². The lowest BCUT2D eigenvalue weighted by Gasteiger charge is -2.30. The molecule has 0 amide bonds. The van der Waals surface area contributed by atoms with Crippen molar-refractivity contribution in [2.75, 3.05) is 6.54 Å². The van der Waals surface area contributed by atoms with Crippen molar-refractivity contribution in [2.45, 2.75) is 44.4 Å². The fourth-order valence-corrected chi connectivity index (χ4v) is 3.40. The van der Waals surface area contributed by atoms with Crippen LogP contribution in [0.25, 0.3) is 0 Å². The first kappa shape index (κ1) is 16.3. The zero-order chi connectivity index (χ0) is 15.6. The van der Waals surface area contributed by atoms with E-state index in [1.165, 1.54) is 6.07 Å². The van der Waals surface area contributed by atoms with E-state index in [2.05, 4.69) is 6.92 Å². The van der Waals surface area contributed by atoms with Crippen molar-refractivity contribution in [1.29, 1.82) is 0 Å². The average molecular weight is 301 g/mol. The Morgan fingerprint density at radius 1 is 1.33 bits per heavy atom. The molecule has 3 N–H and O–H groups in total. The topological polar surface area (TPSA) is 46.2 Å². The van der Waals surface area contributed by atoms with Gasteiger partial charge in [-0.1, -0.05) is 38.0 Å². The summed E-state index contributed by atoms with van der Waals surface area (Å²) in [6.45, 7) is 2.23. The van der Waals surface area contributed by atoms with Crippen LogP contribution >= 0.6 is 0 Å². The molecule has 1 aliphatic rings. The smallest absolute Gasteiger partial charge is 0.392 e. The second-order valence-electron chi connectivity index (χ2n) is 6.03. The first-order valence-electron chi connectivity index (χ1n) is 7.40. The van der Waals surface area contributed by atoms with Crippen LogP contribution in [0.2, 0.25) is 0 Å². The minimum absolute atomic E-state index is 0.119. The Bertz CT molecular complexity index is 475. The number of hydrogen-bond donors (Lipinski definition) is 2. The molecule has 1 aromatic rings. The summed E-state index contributed by atoms with van der Waals surface area (Å²) < 4.78 is 38.4. The summed E-state index contributed by atoms with van der Waals surface area (Å²) in [4.78, 5) is 0. The Kier molecular flexibility index (Phi) is 4.94. The molecule has 1 fully saturated rings. The lowest BCUT2D eigenvalue weighted by molar-refractivity contribution is -0.137. The van der Waals surface area contributed by atoms with Crippen molar-refractivity contribution < 1.29 is 18.3 Å². The molecule has 4 unspecified atom stereocenters. The molecular weight excluding hydrogens is 279 g/mol. The summed E-state index contributed by atoms with van der Waals surface area (Å²) in [5, 5.41) is 10.6. The lowest BCUT2D eigenvalue weighted by atomic mass is 9.81. The molecule has 21 heavy (non-hydrogen) atoms. The zero-order valence-electron chi connectivity index (χ0n) is 12.1. The van der Waals surface area contributed by atoms with E-state index in [1.807, 2.05) is 0 Å². The van der Waals surface area contributed by atoms with Gasteiger partial charge >= 0.3 is 6.18 Å². The molecule has 1 aromatic carbocycles. The Labute approximate surface area is 123 Å². The van der Waals surface area contributed by atoms with Crippen molar-refractivity contribution >= 4 is 0 Å². The highest BCUT2D eigenvalue weighted by molar-refractivity contribution is 5.29. The fourth-order valence-electron chi connectivity index (χ4n) is 3.40. The number of aliphatic hydroxyl groups is 1. The Hall–Kier alpha value is -1.07. The number of nitrogens with two attached hydrogens (primary N) is 1. The number of benzene rings is 1. The normalized spacial score (nSPS) is 25.8. The van der Waals surface area contributed by atoms with E-state index in [0.717, 1.165) is 31.4 Å². The molecule has 0 radical (unpaired) electrons. The van der Waals surface area contributed by atoms with Crippen molar-refractivity contribution in [3.05, 3.63) is 35.4 Å².